The summed E-state index contributed by atoms with van der Waals surface area (Å²) in [5.41, 5.74) is 3.62. The van der Waals surface area contributed by atoms with E-state index in [1.165, 1.54) is 23.3 Å². The van der Waals surface area contributed by atoms with Gasteiger partial charge in [-0.3, -0.25) is 9.59 Å². The van der Waals surface area contributed by atoms with E-state index in [-0.39, 0.29) is 24.1 Å². The third-order valence-electron chi connectivity index (χ3n) is 5.08. The Balaban J connectivity index is 1.75. The number of carbonyl (C=O) groups excluding carboxylic acids is 2. The molecule has 0 atom stereocenters. The smallest absolute Gasteiger partial charge is 0.276 e. The highest BCUT2D eigenvalue weighted by Gasteiger charge is 2.30. The molecule has 0 unspecified atom stereocenters. The van der Waals surface area contributed by atoms with E-state index in [0.29, 0.717) is 35.4 Å². The zero-order valence-corrected chi connectivity index (χ0v) is 17.1. The second kappa shape index (κ2) is 7.56. The van der Waals surface area contributed by atoms with Crippen LogP contribution in [-0.2, 0) is 4.79 Å². The Labute approximate surface area is 172 Å². The van der Waals surface area contributed by atoms with Crippen LogP contribution in [0.25, 0.3) is 11.8 Å². The van der Waals surface area contributed by atoms with E-state index in [4.69, 9.17) is 11.6 Å². The van der Waals surface area contributed by atoms with Gasteiger partial charge >= 0.3 is 0 Å². The molecule has 146 valence electrons. The van der Waals surface area contributed by atoms with Crippen molar-refractivity contribution in [3.8, 4) is 0 Å². The fourth-order valence-corrected chi connectivity index (χ4v) is 4.18. The molecule has 2 aromatic heterocycles. The minimum atomic E-state index is -0.338. The number of aromatic nitrogens is 2. The zero-order valence-electron chi connectivity index (χ0n) is 15.6. The van der Waals surface area contributed by atoms with Crippen molar-refractivity contribution >= 4 is 46.5 Å². The number of allylic oxidation sites excluding steroid dienone is 1. The third kappa shape index (κ3) is 3.64. The molecule has 0 bridgehead atoms. The van der Waals surface area contributed by atoms with Crippen LogP contribution in [0.3, 0.4) is 0 Å². The topological polar surface area (TPSA) is 67.2 Å². The van der Waals surface area contributed by atoms with E-state index in [0.717, 1.165) is 5.56 Å². The molecular formula is C20H21ClN4O2S. The second-order valence-electron chi connectivity index (χ2n) is 7.16. The average Bonchev–Trinajstić information content (AvgIpc) is 3.30. The second-order valence-corrected chi connectivity index (χ2v) is 8.32. The Morgan fingerprint density at radius 2 is 2.25 bits per heavy atom. The summed E-state index contributed by atoms with van der Waals surface area (Å²) in [5.74, 6) is 0.0525. The molecule has 1 saturated heterocycles. The van der Waals surface area contributed by atoms with Crippen molar-refractivity contribution in [2.45, 2.75) is 19.8 Å². The molecule has 0 radical (unpaired) electrons. The highest BCUT2D eigenvalue weighted by Crippen LogP contribution is 2.38. The van der Waals surface area contributed by atoms with Crippen LogP contribution in [0.5, 0.6) is 0 Å². The largest absolute Gasteiger partial charge is 0.353 e. The van der Waals surface area contributed by atoms with Gasteiger partial charge in [0.2, 0.25) is 5.91 Å². The summed E-state index contributed by atoms with van der Waals surface area (Å²) in [4.78, 5) is 26.2. The van der Waals surface area contributed by atoms with Gasteiger partial charge in [-0.15, -0.1) is 0 Å². The van der Waals surface area contributed by atoms with E-state index in [9.17, 15) is 9.59 Å². The van der Waals surface area contributed by atoms with Gasteiger partial charge in [0.05, 0.1) is 23.0 Å². The predicted octanol–water partition coefficient (Wildman–Crippen LogP) is 3.50. The van der Waals surface area contributed by atoms with Crippen molar-refractivity contribution in [1.29, 1.82) is 0 Å². The molecule has 2 aliphatic rings. The molecule has 0 aromatic carbocycles. The molecule has 4 rings (SSSR count). The average molecular weight is 417 g/mol. The lowest BCUT2D eigenvalue weighted by atomic mass is 10.1. The number of amides is 2. The molecule has 3 heterocycles. The number of thiophene rings is 1. The van der Waals surface area contributed by atoms with Gasteiger partial charge in [-0.1, -0.05) is 23.8 Å². The molecule has 2 aromatic rings. The first-order chi connectivity index (χ1) is 13.5. The number of halogens is 1. The van der Waals surface area contributed by atoms with Crippen LogP contribution in [0, 0.1) is 5.92 Å². The molecular weight excluding hydrogens is 396 g/mol. The predicted molar refractivity (Wildman–Crippen MR) is 111 cm³/mol. The van der Waals surface area contributed by atoms with Crippen LogP contribution in [-0.4, -0.2) is 46.1 Å². The first kappa shape index (κ1) is 19.0. The van der Waals surface area contributed by atoms with Crippen LogP contribution in [0.15, 0.2) is 29.0 Å². The molecule has 0 spiro atoms. The zero-order chi connectivity index (χ0) is 19.8. The molecule has 1 N–H and O–H groups in total. The van der Waals surface area contributed by atoms with Gasteiger partial charge < -0.3 is 10.2 Å². The molecule has 1 saturated carbocycles. The lowest BCUT2D eigenvalue weighted by Gasteiger charge is -2.25. The quantitative estimate of drug-likeness (QED) is 0.811. The van der Waals surface area contributed by atoms with Crippen molar-refractivity contribution in [1.82, 2.24) is 20.0 Å². The van der Waals surface area contributed by atoms with Gasteiger partial charge in [0.1, 0.15) is 0 Å². The van der Waals surface area contributed by atoms with E-state index in [2.05, 4.69) is 23.9 Å². The fraction of sp³-hybridized carbons (Fsp3) is 0.350. The SMILES string of the molecule is C=C(c1ccsc1)n1nc(C(=O)N2CCNC(=O)C2)c(Cl)c1/C=C(\C)C1CC1. The first-order valence-electron chi connectivity index (χ1n) is 9.20. The Bertz CT molecular complexity index is 973. The third-order valence-corrected chi connectivity index (χ3v) is 6.14. The molecule has 2 fully saturated rings. The van der Waals surface area contributed by atoms with Crippen molar-refractivity contribution in [2.75, 3.05) is 19.6 Å². The fourth-order valence-electron chi connectivity index (χ4n) is 3.26. The highest BCUT2D eigenvalue weighted by molar-refractivity contribution is 7.08. The summed E-state index contributed by atoms with van der Waals surface area (Å²) in [5, 5.41) is 11.5. The van der Waals surface area contributed by atoms with Gasteiger partial charge in [-0.25, -0.2) is 4.68 Å². The highest BCUT2D eigenvalue weighted by atomic mass is 35.5. The van der Waals surface area contributed by atoms with Gasteiger partial charge in [0.15, 0.2) is 5.69 Å². The molecule has 1 aliphatic heterocycles. The van der Waals surface area contributed by atoms with Gasteiger partial charge in [-0.2, -0.15) is 16.4 Å². The molecule has 1 aliphatic carbocycles. The molecule has 6 nitrogen and oxygen atoms in total. The Kier molecular flexibility index (Phi) is 5.12. The summed E-state index contributed by atoms with van der Waals surface area (Å²) >= 11 is 8.21. The lowest BCUT2D eigenvalue weighted by molar-refractivity contribution is -0.123. The number of piperazine rings is 1. The summed E-state index contributed by atoms with van der Waals surface area (Å²) in [7, 11) is 0. The normalized spacial score (nSPS) is 17.6. The minimum absolute atomic E-state index is 0.0137. The summed E-state index contributed by atoms with van der Waals surface area (Å²) in [6.07, 6.45) is 4.35. The van der Waals surface area contributed by atoms with Crippen molar-refractivity contribution in [2.24, 2.45) is 5.92 Å². The van der Waals surface area contributed by atoms with Crippen LogP contribution < -0.4 is 5.32 Å². The van der Waals surface area contributed by atoms with E-state index >= 15 is 0 Å². The van der Waals surface area contributed by atoms with E-state index in [1.54, 1.807) is 16.0 Å². The maximum atomic E-state index is 13.0. The number of nitrogens with one attached hydrogen (secondary N) is 1. The molecule has 2 amide bonds. The maximum absolute atomic E-state index is 13.0. The van der Waals surface area contributed by atoms with Crippen LogP contribution in [0.4, 0.5) is 0 Å². The Morgan fingerprint density at radius 3 is 2.89 bits per heavy atom. The van der Waals surface area contributed by atoms with Gasteiger partial charge in [0, 0.05) is 24.0 Å². The van der Waals surface area contributed by atoms with Gasteiger partial charge in [0.25, 0.3) is 5.91 Å². The number of carbonyl (C=O) groups is 2. The Hall–Kier alpha value is -2.38. The van der Waals surface area contributed by atoms with Gasteiger partial charge in [-0.05, 0) is 43.2 Å². The van der Waals surface area contributed by atoms with Crippen LogP contribution >= 0.6 is 22.9 Å². The lowest BCUT2D eigenvalue weighted by Crippen LogP contribution is -2.50. The number of nitrogens with zero attached hydrogens (tertiary/aromatic N) is 3. The maximum Gasteiger partial charge on any atom is 0.276 e. The molecule has 8 heteroatoms. The minimum Gasteiger partial charge on any atom is -0.353 e. The van der Waals surface area contributed by atoms with E-state index < -0.39 is 0 Å². The van der Waals surface area contributed by atoms with Crippen molar-refractivity contribution in [3.63, 3.8) is 0 Å². The van der Waals surface area contributed by atoms with Crippen molar-refractivity contribution in [3.05, 3.63) is 51.0 Å². The van der Waals surface area contributed by atoms with Crippen LogP contribution in [0.1, 0.15) is 41.5 Å². The summed E-state index contributed by atoms with van der Waals surface area (Å²) in [6.45, 7) is 7.12. The van der Waals surface area contributed by atoms with Crippen LogP contribution in [0.2, 0.25) is 5.02 Å². The first-order valence-corrected chi connectivity index (χ1v) is 10.5. The summed E-state index contributed by atoms with van der Waals surface area (Å²) < 4.78 is 1.65. The van der Waals surface area contributed by atoms with Crippen molar-refractivity contribution < 1.29 is 9.59 Å². The number of hydrogen-bond donors (Lipinski definition) is 1. The number of hydrogen-bond acceptors (Lipinski definition) is 4. The Morgan fingerprint density at radius 1 is 1.46 bits per heavy atom. The molecule has 28 heavy (non-hydrogen) atoms. The standard InChI is InChI=1S/C20H21ClN4O2S/c1-12(14-3-4-14)9-16-18(21)19(20(27)24-7-6-22-17(26)10-24)23-25(16)13(2)15-5-8-28-11-15/h5,8-9,11,14H,2-4,6-7,10H2,1H3,(H,22,26)/b12-9+. The monoisotopic (exact) mass is 416 g/mol. The summed E-state index contributed by atoms with van der Waals surface area (Å²) in [6, 6.07) is 1.96. The van der Waals surface area contributed by atoms with E-state index in [1.807, 2.05) is 22.9 Å². The number of rotatable bonds is 5.